The summed E-state index contributed by atoms with van der Waals surface area (Å²) in [6.07, 6.45) is 9.26. The molecule has 0 spiro atoms. The van der Waals surface area contributed by atoms with Crippen molar-refractivity contribution in [3.8, 4) is 0 Å². The Morgan fingerprint density at radius 1 is 1.20 bits per heavy atom. The molecule has 0 aliphatic heterocycles. The minimum atomic E-state index is 0.532. The fourth-order valence-electron chi connectivity index (χ4n) is 2.53. The Balaban J connectivity index is 1.81. The maximum atomic E-state index is 5.35. The molecular formula is C18H30N6O. The molecule has 0 saturated heterocycles. The Morgan fingerprint density at radius 3 is 2.84 bits per heavy atom. The molecule has 0 bridgehead atoms. The van der Waals surface area contributed by atoms with Crippen molar-refractivity contribution in [1.82, 2.24) is 25.4 Å². The van der Waals surface area contributed by atoms with Gasteiger partial charge in [-0.15, -0.1) is 10.2 Å². The highest BCUT2D eigenvalue weighted by molar-refractivity contribution is 5.79. The van der Waals surface area contributed by atoms with Crippen LogP contribution >= 0.6 is 0 Å². The van der Waals surface area contributed by atoms with Crippen molar-refractivity contribution >= 4 is 5.96 Å². The van der Waals surface area contributed by atoms with Gasteiger partial charge in [-0.25, -0.2) is 4.99 Å². The van der Waals surface area contributed by atoms with E-state index in [2.05, 4.69) is 44.2 Å². The summed E-state index contributed by atoms with van der Waals surface area (Å²) < 4.78 is 7.42. The van der Waals surface area contributed by atoms with Gasteiger partial charge in [0.15, 0.2) is 5.96 Å². The van der Waals surface area contributed by atoms with Crippen LogP contribution in [0.2, 0.25) is 0 Å². The molecule has 7 nitrogen and oxygen atoms in total. The highest BCUT2D eigenvalue weighted by Gasteiger charge is 2.03. The summed E-state index contributed by atoms with van der Waals surface area (Å²) in [5, 5.41) is 14.9. The molecule has 0 aliphatic rings. The Hall–Kier alpha value is -2.31. The fraction of sp³-hybridized carbons (Fsp3) is 0.611. The van der Waals surface area contributed by atoms with Gasteiger partial charge in [-0.05, 0) is 18.6 Å². The third-order valence-corrected chi connectivity index (χ3v) is 3.95. The molecule has 138 valence electrons. The van der Waals surface area contributed by atoms with Crippen LogP contribution in [0.4, 0.5) is 0 Å². The van der Waals surface area contributed by atoms with E-state index in [-0.39, 0.29) is 0 Å². The average Bonchev–Trinajstić information content (AvgIpc) is 3.30. The minimum absolute atomic E-state index is 0.532. The van der Waals surface area contributed by atoms with Gasteiger partial charge in [-0.3, -0.25) is 0 Å². The predicted molar refractivity (Wildman–Crippen MR) is 99.4 cm³/mol. The number of nitrogens with zero attached hydrogens (tertiary/aromatic N) is 4. The van der Waals surface area contributed by atoms with Crippen molar-refractivity contribution in [1.29, 1.82) is 0 Å². The van der Waals surface area contributed by atoms with E-state index < -0.39 is 0 Å². The molecule has 2 heterocycles. The summed E-state index contributed by atoms with van der Waals surface area (Å²) in [6.45, 7) is 7.35. The molecule has 0 saturated carbocycles. The molecule has 0 fully saturated rings. The summed E-state index contributed by atoms with van der Waals surface area (Å²) in [5.74, 6) is 2.68. The largest absolute Gasteiger partial charge is 0.467 e. The summed E-state index contributed by atoms with van der Waals surface area (Å²) >= 11 is 0. The van der Waals surface area contributed by atoms with E-state index >= 15 is 0 Å². The fourth-order valence-corrected chi connectivity index (χ4v) is 2.53. The first kappa shape index (κ1) is 19.0. The molecule has 25 heavy (non-hydrogen) atoms. The topological polar surface area (TPSA) is 80.3 Å². The maximum absolute atomic E-state index is 5.35. The number of nitrogens with one attached hydrogen (secondary N) is 2. The van der Waals surface area contributed by atoms with Gasteiger partial charge in [0.05, 0.1) is 6.26 Å². The molecule has 2 rings (SSSR count). The van der Waals surface area contributed by atoms with Crippen molar-refractivity contribution in [3.63, 3.8) is 0 Å². The molecule has 0 aliphatic carbocycles. The molecule has 0 atom stereocenters. The van der Waals surface area contributed by atoms with Gasteiger partial charge in [0.25, 0.3) is 0 Å². The van der Waals surface area contributed by atoms with E-state index in [0.717, 1.165) is 50.0 Å². The number of aliphatic imine (C=N–C) groups is 1. The van der Waals surface area contributed by atoms with Crippen LogP contribution in [0.3, 0.4) is 0 Å². The van der Waals surface area contributed by atoms with Gasteiger partial charge < -0.3 is 19.6 Å². The van der Waals surface area contributed by atoms with Gasteiger partial charge >= 0.3 is 0 Å². The van der Waals surface area contributed by atoms with Crippen molar-refractivity contribution in [3.05, 3.63) is 36.3 Å². The van der Waals surface area contributed by atoms with Crippen LogP contribution in [-0.4, -0.2) is 33.8 Å². The van der Waals surface area contributed by atoms with E-state index in [1.54, 1.807) is 12.6 Å². The second-order valence-corrected chi connectivity index (χ2v) is 5.95. The van der Waals surface area contributed by atoms with E-state index in [9.17, 15) is 0 Å². The maximum Gasteiger partial charge on any atom is 0.191 e. The lowest BCUT2D eigenvalue weighted by molar-refractivity contribution is 0.511. The first-order valence-electron chi connectivity index (χ1n) is 9.24. The van der Waals surface area contributed by atoms with Crippen molar-refractivity contribution < 1.29 is 4.42 Å². The van der Waals surface area contributed by atoms with Crippen molar-refractivity contribution in [2.45, 2.75) is 59.0 Å². The molecule has 2 aromatic heterocycles. The summed E-state index contributed by atoms with van der Waals surface area (Å²) in [7, 11) is 0. The average molecular weight is 346 g/mol. The number of furan rings is 1. The molecule has 0 radical (unpaired) electrons. The number of rotatable bonds is 11. The number of aromatic nitrogens is 3. The Kier molecular flexibility index (Phi) is 8.58. The van der Waals surface area contributed by atoms with E-state index in [0.29, 0.717) is 6.54 Å². The van der Waals surface area contributed by atoms with Crippen LogP contribution < -0.4 is 10.6 Å². The van der Waals surface area contributed by atoms with Gasteiger partial charge in [0.2, 0.25) is 0 Å². The van der Waals surface area contributed by atoms with Crippen LogP contribution in [0, 0.1) is 0 Å². The second-order valence-electron chi connectivity index (χ2n) is 5.95. The number of aryl methyl sites for hydroxylation is 1. The zero-order valence-electron chi connectivity index (χ0n) is 15.4. The normalized spacial score (nSPS) is 11.7. The molecule has 0 unspecified atom stereocenters. The van der Waals surface area contributed by atoms with Crippen LogP contribution in [0.1, 0.15) is 51.1 Å². The lowest BCUT2D eigenvalue weighted by Crippen LogP contribution is -2.39. The SMILES string of the molecule is CCCCCCNC(=NCc1ccco1)NCCn1cnnc1CC. The van der Waals surface area contributed by atoms with Crippen LogP contribution in [0.15, 0.2) is 34.1 Å². The number of unbranched alkanes of at least 4 members (excludes halogenated alkanes) is 3. The van der Waals surface area contributed by atoms with Gasteiger partial charge in [-0.2, -0.15) is 0 Å². The Labute approximate surface area is 149 Å². The first-order chi connectivity index (χ1) is 12.3. The van der Waals surface area contributed by atoms with Crippen LogP contribution in [0.25, 0.3) is 0 Å². The Morgan fingerprint density at radius 2 is 2.08 bits per heavy atom. The van der Waals surface area contributed by atoms with E-state index in [4.69, 9.17) is 4.42 Å². The summed E-state index contributed by atoms with van der Waals surface area (Å²) in [4.78, 5) is 4.61. The standard InChI is InChI=1S/C18H30N6O/c1-3-5-6-7-10-19-18(21-14-16-9-8-13-25-16)20-11-12-24-15-22-23-17(24)4-2/h8-9,13,15H,3-7,10-12,14H2,1-2H3,(H2,19,20,21). The molecule has 2 N–H and O–H groups in total. The van der Waals surface area contributed by atoms with Crippen molar-refractivity contribution in [2.75, 3.05) is 13.1 Å². The smallest absolute Gasteiger partial charge is 0.191 e. The predicted octanol–water partition coefficient (Wildman–Crippen LogP) is 2.75. The lowest BCUT2D eigenvalue weighted by atomic mass is 10.2. The summed E-state index contributed by atoms with van der Waals surface area (Å²) in [5.41, 5.74) is 0. The monoisotopic (exact) mass is 346 g/mol. The Bertz CT molecular complexity index is 605. The second kappa shape index (κ2) is 11.3. The zero-order chi connectivity index (χ0) is 17.7. The van der Waals surface area contributed by atoms with Gasteiger partial charge in [0.1, 0.15) is 24.5 Å². The highest BCUT2D eigenvalue weighted by atomic mass is 16.3. The molecule has 2 aromatic rings. The number of hydrogen-bond acceptors (Lipinski definition) is 4. The lowest BCUT2D eigenvalue weighted by Gasteiger charge is -2.13. The highest BCUT2D eigenvalue weighted by Crippen LogP contribution is 2.01. The van der Waals surface area contributed by atoms with E-state index in [1.165, 1.54) is 19.3 Å². The minimum Gasteiger partial charge on any atom is -0.467 e. The molecule has 0 amide bonds. The summed E-state index contributed by atoms with van der Waals surface area (Å²) in [6, 6.07) is 3.82. The van der Waals surface area contributed by atoms with Gasteiger partial charge in [0, 0.05) is 26.1 Å². The first-order valence-corrected chi connectivity index (χ1v) is 9.24. The van der Waals surface area contributed by atoms with Crippen LogP contribution in [0.5, 0.6) is 0 Å². The third-order valence-electron chi connectivity index (χ3n) is 3.95. The molecule has 0 aromatic carbocycles. The van der Waals surface area contributed by atoms with Crippen molar-refractivity contribution in [2.24, 2.45) is 4.99 Å². The van der Waals surface area contributed by atoms with E-state index in [1.807, 2.05) is 12.1 Å². The quantitative estimate of drug-likeness (QED) is 0.371. The third kappa shape index (κ3) is 6.99. The number of hydrogen-bond donors (Lipinski definition) is 2. The number of guanidine groups is 1. The molecular weight excluding hydrogens is 316 g/mol. The molecule has 7 heteroatoms. The van der Waals surface area contributed by atoms with Crippen LogP contribution in [-0.2, 0) is 19.5 Å². The van der Waals surface area contributed by atoms with Gasteiger partial charge in [-0.1, -0.05) is 33.1 Å². The zero-order valence-corrected chi connectivity index (χ0v) is 15.4.